The molecule has 0 spiro atoms. The van der Waals surface area contributed by atoms with Gasteiger partial charge in [0, 0.05) is 24.3 Å². The zero-order valence-corrected chi connectivity index (χ0v) is 14.1. The van der Waals surface area contributed by atoms with Gasteiger partial charge < -0.3 is 5.32 Å². The van der Waals surface area contributed by atoms with Crippen molar-refractivity contribution in [1.29, 1.82) is 0 Å². The van der Waals surface area contributed by atoms with E-state index in [-0.39, 0.29) is 10.8 Å². The lowest BCUT2D eigenvalue weighted by Gasteiger charge is -2.26. The van der Waals surface area contributed by atoms with Gasteiger partial charge in [-0.05, 0) is 43.2 Å². The number of carbonyl (C=O) groups excluding carboxylic acids is 1. The summed E-state index contributed by atoms with van der Waals surface area (Å²) >= 11 is 0. The molecule has 1 aliphatic heterocycles. The standard InChI is InChI=1S/C18H20N2O3S/c21-18(15-8-3-1-4-9-15)19-16-10-7-11-17(14-16)24(22,23)20-12-5-2-6-13-20/h1,3-4,7-11,14H,2,5-6,12-13H2,(H,19,21). The Morgan fingerprint density at radius 2 is 1.62 bits per heavy atom. The molecule has 6 heteroatoms. The summed E-state index contributed by atoms with van der Waals surface area (Å²) in [6.45, 7) is 1.12. The number of benzene rings is 2. The van der Waals surface area contributed by atoms with Gasteiger partial charge in [-0.3, -0.25) is 4.79 Å². The molecule has 1 saturated heterocycles. The molecule has 1 heterocycles. The van der Waals surface area contributed by atoms with E-state index in [2.05, 4.69) is 5.32 Å². The summed E-state index contributed by atoms with van der Waals surface area (Å²) in [6.07, 6.45) is 2.85. The average molecular weight is 344 g/mol. The van der Waals surface area contributed by atoms with E-state index >= 15 is 0 Å². The van der Waals surface area contributed by atoms with E-state index in [0.29, 0.717) is 24.3 Å². The molecule has 0 atom stereocenters. The quantitative estimate of drug-likeness (QED) is 0.927. The number of piperidine rings is 1. The van der Waals surface area contributed by atoms with Gasteiger partial charge in [0.2, 0.25) is 10.0 Å². The molecule has 2 aromatic carbocycles. The Kier molecular flexibility index (Phi) is 4.97. The Hall–Kier alpha value is -2.18. The van der Waals surface area contributed by atoms with Crippen LogP contribution in [0.15, 0.2) is 59.5 Å². The number of nitrogens with zero attached hydrogens (tertiary/aromatic N) is 1. The Bertz CT molecular complexity index is 813. The van der Waals surface area contributed by atoms with Crippen LogP contribution in [-0.4, -0.2) is 31.7 Å². The minimum atomic E-state index is -3.50. The zero-order valence-electron chi connectivity index (χ0n) is 13.3. The SMILES string of the molecule is O=C(Nc1cccc(S(=O)(=O)N2CCCCC2)c1)c1ccccc1. The number of anilines is 1. The van der Waals surface area contributed by atoms with Crippen LogP contribution >= 0.6 is 0 Å². The molecule has 0 saturated carbocycles. The van der Waals surface area contributed by atoms with Gasteiger partial charge in [0.05, 0.1) is 4.90 Å². The highest BCUT2D eigenvalue weighted by Gasteiger charge is 2.26. The van der Waals surface area contributed by atoms with E-state index in [4.69, 9.17) is 0 Å². The number of carbonyl (C=O) groups is 1. The average Bonchev–Trinajstić information content (AvgIpc) is 2.63. The fourth-order valence-corrected chi connectivity index (χ4v) is 4.34. The first-order chi connectivity index (χ1) is 11.6. The van der Waals surface area contributed by atoms with Crippen LogP contribution in [0.4, 0.5) is 5.69 Å². The van der Waals surface area contributed by atoms with Gasteiger partial charge in [-0.1, -0.05) is 30.7 Å². The van der Waals surface area contributed by atoms with Crippen LogP contribution in [0.1, 0.15) is 29.6 Å². The highest BCUT2D eigenvalue weighted by atomic mass is 32.2. The van der Waals surface area contributed by atoms with Crippen LogP contribution in [-0.2, 0) is 10.0 Å². The lowest BCUT2D eigenvalue weighted by atomic mass is 10.2. The van der Waals surface area contributed by atoms with Gasteiger partial charge in [-0.15, -0.1) is 0 Å². The van der Waals surface area contributed by atoms with Gasteiger partial charge in [-0.25, -0.2) is 8.42 Å². The van der Waals surface area contributed by atoms with Crippen LogP contribution in [0.3, 0.4) is 0 Å². The van der Waals surface area contributed by atoms with Crippen molar-refractivity contribution in [2.75, 3.05) is 18.4 Å². The minimum absolute atomic E-state index is 0.218. The van der Waals surface area contributed by atoms with Crippen molar-refractivity contribution < 1.29 is 13.2 Å². The minimum Gasteiger partial charge on any atom is -0.322 e. The molecule has 0 unspecified atom stereocenters. The predicted octanol–water partition coefficient (Wildman–Crippen LogP) is 3.11. The smallest absolute Gasteiger partial charge is 0.255 e. The summed E-state index contributed by atoms with van der Waals surface area (Å²) in [7, 11) is -3.50. The predicted molar refractivity (Wildman–Crippen MR) is 93.4 cm³/mol. The van der Waals surface area contributed by atoms with E-state index in [1.807, 2.05) is 6.07 Å². The van der Waals surface area contributed by atoms with E-state index in [1.165, 1.54) is 10.4 Å². The third kappa shape index (κ3) is 3.66. The van der Waals surface area contributed by atoms with Crippen LogP contribution in [0, 0.1) is 0 Å². The third-order valence-corrected chi connectivity index (χ3v) is 5.98. The van der Waals surface area contributed by atoms with Gasteiger partial charge in [0.1, 0.15) is 0 Å². The van der Waals surface area contributed by atoms with Crippen molar-refractivity contribution >= 4 is 21.6 Å². The van der Waals surface area contributed by atoms with Crippen molar-refractivity contribution in [3.63, 3.8) is 0 Å². The van der Waals surface area contributed by atoms with E-state index in [9.17, 15) is 13.2 Å². The zero-order chi connectivity index (χ0) is 17.0. The fraction of sp³-hybridized carbons (Fsp3) is 0.278. The Morgan fingerprint density at radius 3 is 2.33 bits per heavy atom. The molecular weight excluding hydrogens is 324 g/mol. The van der Waals surface area contributed by atoms with Crippen LogP contribution in [0.25, 0.3) is 0 Å². The molecule has 0 radical (unpaired) electrons. The third-order valence-electron chi connectivity index (χ3n) is 4.08. The van der Waals surface area contributed by atoms with Crippen molar-refractivity contribution in [2.45, 2.75) is 24.2 Å². The van der Waals surface area contributed by atoms with Crippen molar-refractivity contribution in [1.82, 2.24) is 4.31 Å². The molecular formula is C18H20N2O3S. The van der Waals surface area contributed by atoms with Crippen LogP contribution in [0.5, 0.6) is 0 Å². The Morgan fingerprint density at radius 1 is 0.917 bits per heavy atom. The largest absolute Gasteiger partial charge is 0.322 e. The first-order valence-electron chi connectivity index (χ1n) is 8.04. The molecule has 1 fully saturated rings. The lowest BCUT2D eigenvalue weighted by molar-refractivity contribution is 0.102. The maximum Gasteiger partial charge on any atom is 0.255 e. The molecule has 2 aromatic rings. The molecule has 5 nitrogen and oxygen atoms in total. The number of hydrogen-bond acceptors (Lipinski definition) is 3. The number of sulfonamides is 1. The molecule has 3 rings (SSSR count). The van der Waals surface area contributed by atoms with Crippen LogP contribution < -0.4 is 5.32 Å². The summed E-state index contributed by atoms with van der Waals surface area (Å²) in [5.74, 6) is -0.261. The summed E-state index contributed by atoms with van der Waals surface area (Å²) in [5.41, 5.74) is 1.00. The first kappa shape index (κ1) is 16.7. The number of rotatable bonds is 4. The second-order valence-electron chi connectivity index (χ2n) is 5.81. The van der Waals surface area contributed by atoms with E-state index in [1.54, 1.807) is 42.5 Å². The molecule has 0 bridgehead atoms. The van der Waals surface area contributed by atoms with Crippen molar-refractivity contribution in [3.05, 3.63) is 60.2 Å². The second-order valence-corrected chi connectivity index (χ2v) is 7.75. The van der Waals surface area contributed by atoms with E-state index < -0.39 is 10.0 Å². The van der Waals surface area contributed by atoms with Gasteiger partial charge in [0.25, 0.3) is 5.91 Å². The monoisotopic (exact) mass is 344 g/mol. The molecule has 24 heavy (non-hydrogen) atoms. The maximum atomic E-state index is 12.7. The molecule has 1 N–H and O–H groups in total. The lowest BCUT2D eigenvalue weighted by Crippen LogP contribution is -2.35. The molecule has 126 valence electrons. The first-order valence-corrected chi connectivity index (χ1v) is 9.48. The molecule has 0 aliphatic carbocycles. The van der Waals surface area contributed by atoms with Gasteiger partial charge in [0.15, 0.2) is 0 Å². The molecule has 1 amide bonds. The number of hydrogen-bond donors (Lipinski definition) is 1. The fourth-order valence-electron chi connectivity index (χ4n) is 2.78. The maximum absolute atomic E-state index is 12.7. The van der Waals surface area contributed by atoms with Gasteiger partial charge >= 0.3 is 0 Å². The summed E-state index contributed by atoms with van der Waals surface area (Å²) in [4.78, 5) is 12.4. The number of amides is 1. The normalized spacial score (nSPS) is 15.8. The summed E-state index contributed by atoms with van der Waals surface area (Å²) in [6, 6.07) is 15.3. The summed E-state index contributed by atoms with van der Waals surface area (Å²) in [5, 5.41) is 2.75. The van der Waals surface area contributed by atoms with Crippen molar-refractivity contribution in [2.24, 2.45) is 0 Å². The van der Waals surface area contributed by atoms with Gasteiger partial charge in [-0.2, -0.15) is 4.31 Å². The molecule has 0 aromatic heterocycles. The second kappa shape index (κ2) is 7.15. The molecule has 1 aliphatic rings. The summed E-state index contributed by atoms with van der Waals surface area (Å²) < 4.78 is 26.9. The highest BCUT2D eigenvalue weighted by molar-refractivity contribution is 7.89. The Balaban J connectivity index is 1.80. The number of nitrogens with one attached hydrogen (secondary N) is 1. The topological polar surface area (TPSA) is 66.5 Å². The Labute approximate surface area is 142 Å². The van der Waals surface area contributed by atoms with Crippen LogP contribution in [0.2, 0.25) is 0 Å². The van der Waals surface area contributed by atoms with Crippen molar-refractivity contribution in [3.8, 4) is 0 Å². The highest BCUT2D eigenvalue weighted by Crippen LogP contribution is 2.23. The van der Waals surface area contributed by atoms with E-state index in [0.717, 1.165) is 19.3 Å².